The van der Waals surface area contributed by atoms with Gasteiger partial charge in [-0.15, -0.1) is 11.3 Å². The number of carbonyl (C=O) groups excluding carboxylic acids is 1. The quantitative estimate of drug-likeness (QED) is 0.715. The molecular weight excluding hydrogens is 346 g/mol. The van der Waals surface area contributed by atoms with Crippen LogP contribution in [-0.4, -0.2) is 22.0 Å². The van der Waals surface area contributed by atoms with Gasteiger partial charge in [0.2, 0.25) is 5.91 Å². The van der Waals surface area contributed by atoms with Gasteiger partial charge in [-0.05, 0) is 30.9 Å². The van der Waals surface area contributed by atoms with Crippen LogP contribution in [0.1, 0.15) is 38.3 Å². The highest BCUT2D eigenvalue weighted by molar-refractivity contribution is 7.13. The van der Waals surface area contributed by atoms with E-state index in [0.29, 0.717) is 11.0 Å². The number of para-hydroxylation sites is 1. The lowest BCUT2D eigenvalue weighted by atomic mass is 9.81. The van der Waals surface area contributed by atoms with Gasteiger partial charge in [-0.1, -0.05) is 32.0 Å². The Morgan fingerprint density at radius 3 is 2.85 bits per heavy atom. The first kappa shape index (κ1) is 17.0. The van der Waals surface area contributed by atoms with Gasteiger partial charge >= 0.3 is 0 Å². The summed E-state index contributed by atoms with van der Waals surface area (Å²) < 4.78 is 6.07. The zero-order valence-electron chi connectivity index (χ0n) is 14.8. The van der Waals surface area contributed by atoms with E-state index in [1.54, 1.807) is 6.20 Å². The van der Waals surface area contributed by atoms with Crippen LogP contribution >= 0.6 is 11.3 Å². The number of hydrogen-bond acceptors (Lipinski definition) is 5. The first-order chi connectivity index (χ1) is 12.6. The maximum atomic E-state index is 12.4. The number of rotatable bonds is 5. The van der Waals surface area contributed by atoms with Crippen LogP contribution in [0.5, 0.6) is 5.75 Å². The molecule has 6 heteroatoms. The summed E-state index contributed by atoms with van der Waals surface area (Å²) in [6, 6.07) is 9.86. The van der Waals surface area contributed by atoms with Crippen molar-refractivity contribution in [3.8, 4) is 5.75 Å². The van der Waals surface area contributed by atoms with Gasteiger partial charge in [-0.25, -0.2) is 4.98 Å². The maximum Gasteiger partial charge on any atom is 0.229 e. The Kier molecular flexibility index (Phi) is 4.59. The molecule has 0 saturated heterocycles. The highest BCUT2D eigenvalue weighted by Gasteiger charge is 2.36. The minimum Gasteiger partial charge on any atom is -0.488 e. The molecule has 1 aliphatic rings. The number of benzene rings is 1. The fourth-order valence-electron chi connectivity index (χ4n) is 3.04. The van der Waals surface area contributed by atoms with Crippen molar-refractivity contribution < 1.29 is 9.53 Å². The predicted molar refractivity (Wildman–Crippen MR) is 104 cm³/mol. The molecule has 26 heavy (non-hydrogen) atoms. The van der Waals surface area contributed by atoms with Crippen LogP contribution in [0, 0.1) is 5.92 Å². The molecule has 1 N–H and O–H groups in total. The predicted octanol–water partition coefficient (Wildman–Crippen LogP) is 4.61. The number of anilines is 1. The summed E-state index contributed by atoms with van der Waals surface area (Å²) in [7, 11) is 0. The standard InChI is InChI=1S/C20H21N3O2S/c1-12(2)16-11-26-20(22-16)23-19(24)14-9-15(10-14)25-17-7-3-5-13-6-4-8-21-18(13)17/h3-8,11-12,14-15H,9-10H2,1-2H3,(H,22,23,24)/t14-,15-. The summed E-state index contributed by atoms with van der Waals surface area (Å²) in [6.45, 7) is 4.19. The van der Waals surface area contributed by atoms with Gasteiger partial charge < -0.3 is 10.1 Å². The number of thiazole rings is 1. The lowest BCUT2D eigenvalue weighted by Crippen LogP contribution is -2.40. The van der Waals surface area contributed by atoms with Crippen LogP contribution < -0.4 is 10.1 Å². The van der Waals surface area contributed by atoms with Crippen LogP contribution in [0.4, 0.5) is 5.13 Å². The van der Waals surface area contributed by atoms with Gasteiger partial charge in [0.1, 0.15) is 17.4 Å². The fraction of sp³-hybridized carbons (Fsp3) is 0.350. The molecule has 0 aliphatic heterocycles. The Bertz CT molecular complexity index is 926. The molecule has 1 amide bonds. The summed E-state index contributed by atoms with van der Waals surface area (Å²) in [5.41, 5.74) is 1.88. The largest absolute Gasteiger partial charge is 0.488 e. The van der Waals surface area contributed by atoms with Gasteiger partial charge in [0.05, 0.1) is 5.69 Å². The van der Waals surface area contributed by atoms with E-state index in [9.17, 15) is 4.79 Å². The number of nitrogens with one attached hydrogen (secondary N) is 1. The van der Waals surface area contributed by atoms with Gasteiger partial charge in [0.25, 0.3) is 0 Å². The minimum atomic E-state index is -0.0191. The summed E-state index contributed by atoms with van der Waals surface area (Å²) in [6.07, 6.45) is 3.27. The average molecular weight is 367 g/mol. The molecule has 134 valence electrons. The molecule has 0 radical (unpaired) electrons. The highest BCUT2D eigenvalue weighted by Crippen LogP contribution is 2.34. The Balaban J connectivity index is 1.34. The first-order valence-electron chi connectivity index (χ1n) is 8.87. The maximum absolute atomic E-state index is 12.4. The van der Waals surface area contributed by atoms with Gasteiger partial charge in [-0.3, -0.25) is 9.78 Å². The minimum absolute atomic E-state index is 0.0191. The van der Waals surface area contributed by atoms with Gasteiger partial charge in [0.15, 0.2) is 5.13 Å². The van der Waals surface area contributed by atoms with Crippen molar-refractivity contribution in [2.45, 2.75) is 38.7 Å². The average Bonchev–Trinajstić information content (AvgIpc) is 3.06. The van der Waals surface area contributed by atoms with E-state index in [4.69, 9.17) is 4.74 Å². The van der Waals surface area contributed by atoms with Crippen molar-refractivity contribution in [1.29, 1.82) is 0 Å². The van der Waals surface area contributed by atoms with Crippen LogP contribution in [-0.2, 0) is 4.79 Å². The van der Waals surface area contributed by atoms with E-state index in [2.05, 4.69) is 29.1 Å². The number of carbonyl (C=O) groups is 1. The van der Waals surface area contributed by atoms with E-state index >= 15 is 0 Å². The Morgan fingerprint density at radius 1 is 1.27 bits per heavy atom. The highest BCUT2D eigenvalue weighted by atomic mass is 32.1. The van der Waals surface area contributed by atoms with E-state index < -0.39 is 0 Å². The Morgan fingerprint density at radius 2 is 2.08 bits per heavy atom. The smallest absolute Gasteiger partial charge is 0.229 e. The zero-order valence-corrected chi connectivity index (χ0v) is 15.6. The van der Waals surface area contributed by atoms with Gasteiger partial charge in [0, 0.05) is 22.9 Å². The second-order valence-electron chi connectivity index (χ2n) is 6.96. The number of amides is 1. The van der Waals surface area contributed by atoms with Crippen molar-refractivity contribution >= 4 is 33.3 Å². The zero-order chi connectivity index (χ0) is 18.1. The number of ether oxygens (including phenoxy) is 1. The lowest BCUT2D eigenvalue weighted by Gasteiger charge is -2.34. The molecule has 2 heterocycles. The first-order valence-corrected chi connectivity index (χ1v) is 9.75. The Hall–Kier alpha value is -2.47. The van der Waals surface area contributed by atoms with E-state index in [1.807, 2.05) is 35.7 Å². The third-order valence-corrected chi connectivity index (χ3v) is 5.47. The molecule has 0 atom stereocenters. The second-order valence-corrected chi connectivity index (χ2v) is 7.82. The number of fused-ring (bicyclic) bond motifs is 1. The number of hydrogen-bond donors (Lipinski definition) is 1. The van der Waals surface area contributed by atoms with Crippen molar-refractivity contribution in [2.75, 3.05) is 5.32 Å². The van der Waals surface area contributed by atoms with E-state index in [1.165, 1.54) is 11.3 Å². The monoisotopic (exact) mass is 367 g/mol. The van der Waals surface area contributed by atoms with Gasteiger partial charge in [-0.2, -0.15) is 0 Å². The van der Waals surface area contributed by atoms with E-state index in [-0.39, 0.29) is 17.9 Å². The van der Waals surface area contributed by atoms with Crippen molar-refractivity contribution in [2.24, 2.45) is 5.92 Å². The summed E-state index contributed by atoms with van der Waals surface area (Å²) >= 11 is 1.48. The van der Waals surface area contributed by atoms with Crippen LogP contribution in [0.3, 0.4) is 0 Å². The number of pyridine rings is 1. The van der Waals surface area contributed by atoms with Crippen LogP contribution in [0.25, 0.3) is 10.9 Å². The van der Waals surface area contributed by atoms with Crippen LogP contribution in [0.15, 0.2) is 41.9 Å². The third-order valence-electron chi connectivity index (χ3n) is 4.70. The fourth-order valence-corrected chi connectivity index (χ4v) is 3.92. The molecular formula is C20H21N3O2S. The van der Waals surface area contributed by atoms with Crippen molar-refractivity contribution in [1.82, 2.24) is 9.97 Å². The molecule has 3 aromatic rings. The Labute approximate surface area is 156 Å². The van der Waals surface area contributed by atoms with Crippen molar-refractivity contribution in [3.05, 3.63) is 47.6 Å². The molecule has 1 aromatic carbocycles. The normalized spacial score (nSPS) is 19.3. The molecule has 1 saturated carbocycles. The molecule has 1 fully saturated rings. The summed E-state index contributed by atoms with van der Waals surface area (Å²) in [4.78, 5) is 21.2. The molecule has 1 aliphatic carbocycles. The molecule has 0 unspecified atom stereocenters. The number of nitrogens with zero attached hydrogens (tertiary/aromatic N) is 2. The topological polar surface area (TPSA) is 64.1 Å². The molecule has 4 rings (SSSR count). The third kappa shape index (κ3) is 3.42. The number of aromatic nitrogens is 2. The molecule has 0 bridgehead atoms. The second kappa shape index (κ2) is 7.03. The molecule has 5 nitrogen and oxygen atoms in total. The van der Waals surface area contributed by atoms with Crippen molar-refractivity contribution in [3.63, 3.8) is 0 Å². The van der Waals surface area contributed by atoms with Crippen LogP contribution in [0.2, 0.25) is 0 Å². The lowest BCUT2D eigenvalue weighted by molar-refractivity contribution is -0.125. The SMILES string of the molecule is CC(C)c1csc(NC(=O)[C@H]2C[C@H](Oc3cccc4cccnc34)C2)n1. The molecule has 2 aromatic heterocycles. The summed E-state index contributed by atoms with van der Waals surface area (Å²) in [5, 5.41) is 6.67. The van der Waals surface area contributed by atoms with E-state index in [0.717, 1.165) is 35.2 Å². The molecule has 0 spiro atoms. The summed E-state index contributed by atoms with van der Waals surface area (Å²) in [5.74, 6) is 1.17.